The molecule has 0 N–H and O–H groups in total. The first-order chi connectivity index (χ1) is 12.1. The van der Waals surface area contributed by atoms with Gasteiger partial charge in [0.05, 0.1) is 0 Å². The Labute approximate surface area is 150 Å². The van der Waals surface area contributed by atoms with E-state index in [2.05, 4.69) is 52.9 Å². The van der Waals surface area contributed by atoms with Crippen LogP contribution in [0.1, 0.15) is 32.3 Å². The summed E-state index contributed by atoms with van der Waals surface area (Å²) in [5.41, 5.74) is 3.28. The molecule has 1 aliphatic heterocycles. The number of aldehydes is 1. The van der Waals surface area contributed by atoms with Crippen molar-refractivity contribution >= 4 is 12.1 Å². The lowest BCUT2D eigenvalue weighted by molar-refractivity contribution is -0.108. The monoisotopic (exact) mass is 337 g/mol. The fourth-order valence-electron chi connectivity index (χ4n) is 3.27. The molecule has 25 heavy (non-hydrogen) atoms. The number of benzene rings is 1. The quantitative estimate of drug-likeness (QED) is 0.782. The molecule has 1 aliphatic rings. The molecule has 1 fully saturated rings. The van der Waals surface area contributed by atoms with Gasteiger partial charge in [0.25, 0.3) is 0 Å². The van der Waals surface area contributed by atoms with E-state index < -0.39 is 0 Å². The molecule has 0 aliphatic carbocycles. The lowest BCUT2D eigenvalue weighted by atomic mass is 9.99. The van der Waals surface area contributed by atoms with E-state index in [1.54, 1.807) is 0 Å². The molecular weight excluding hydrogens is 310 g/mol. The van der Waals surface area contributed by atoms with Crippen molar-refractivity contribution in [3.05, 3.63) is 48.2 Å². The predicted octanol–water partition coefficient (Wildman–Crippen LogP) is 3.58. The molecule has 3 rings (SSSR count). The molecule has 4 heteroatoms. The molecule has 4 nitrogen and oxygen atoms in total. The first kappa shape index (κ1) is 17.6. The molecule has 1 atom stereocenters. The van der Waals surface area contributed by atoms with Gasteiger partial charge in [-0.2, -0.15) is 0 Å². The van der Waals surface area contributed by atoms with Gasteiger partial charge in [0, 0.05) is 49.9 Å². The zero-order valence-corrected chi connectivity index (χ0v) is 15.4. The lowest BCUT2D eigenvalue weighted by Gasteiger charge is -2.37. The molecule has 1 unspecified atom stereocenters. The van der Waals surface area contributed by atoms with Crippen molar-refractivity contribution in [1.29, 1.82) is 0 Å². The molecule has 0 amide bonds. The highest BCUT2D eigenvalue weighted by molar-refractivity contribution is 5.66. The number of carbonyl (C=O) groups is 1. The molecular formula is C21H27N3O. The summed E-state index contributed by atoms with van der Waals surface area (Å²) in [4.78, 5) is 20.4. The van der Waals surface area contributed by atoms with Crippen molar-refractivity contribution in [1.82, 2.24) is 9.88 Å². The molecule has 0 bridgehead atoms. The van der Waals surface area contributed by atoms with Crippen LogP contribution in [0.5, 0.6) is 0 Å². The third kappa shape index (κ3) is 4.07. The van der Waals surface area contributed by atoms with Crippen molar-refractivity contribution in [2.24, 2.45) is 0 Å². The van der Waals surface area contributed by atoms with E-state index in [1.807, 2.05) is 25.3 Å². The molecule has 0 radical (unpaired) electrons. The molecule has 0 spiro atoms. The SMILES string of the molecule is CC(C=O)c1ccc(-c2ccc(N3CCN(C(C)C)CC3)nc2)cc1. The molecule has 132 valence electrons. The molecule has 2 heterocycles. The highest BCUT2D eigenvalue weighted by atomic mass is 16.1. The van der Waals surface area contributed by atoms with Crippen LogP contribution >= 0.6 is 0 Å². The van der Waals surface area contributed by atoms with E-state index >= 15 is 0 Å². The zero-order valence-electron chi connectivity index (χ0n) is 15.4. The van der Waals surface area contributed by atoms with Gasteiger partial charge in [0.15, 0.2) is 0 Å². The molecule has 2 aromatic rings. The highest BCUT2D eigenvalue weighted by Gasteiger charge is 2.19. The second kappa shape index (κ2) is 7.79. The van der Waals surface area contributed by atoms with Crippen LogP contribution < -0.4 is 4.90 Å². The summed E-state index contributed by atoms with van der Waals surface area (Å²) in [6, 6.07) is 13.0. The van der Waals surface area contributed by atoms with Gasteiger partial charge in [0.1, 0.15) is 12.1 Å². The molecule has 1 aromatic carbocycles. The average molecular weight is 337 g/mol. The van der Waals surface area contributed by atoms with Crippen molar-refractivity contribution < 1.29 is 4.79 Å². The van der Waals surface area contributed by atoms with Gasteiger partial charge in [-0.3, -0.25) is 4.90 Å². The average Bonchev–Trinajstić information content (AvgIpc) is 2.67. The van der Waals surface area contributed by atoms with Gasteiger partial charge in [-0.15, -0.1) is 0 Å². The van der Waals surface area contributed by atoms with Crippen LogP contribution in [0, 0.1) is 0 Å². The van der Waals surface area contributed by atoms with Crippen molar-refractivity contribution in [3.63, 3.8) is 0 Å². The smallest absolute Gasteiger partial charge is 0.128 e. The molecule has 0 saturated carbocycles. The maximum atomic E-state index is 10.9. The maximum Gasteiger partial charge on any atom is 0.128 e. The number of rotatable bonds is 5. The van der Waals surface area contributed by atoms with Gasteiger partial charge in [-0.1, -0.05) is 31.2 Å². The van der Waals surface area contributed by atoms with E-state index in [4.69, 9.17) is 0 Å². The van der Waals surface area contributed by atoms with Crippen LogP contribution in [-0.4, -0.2) is 48.4 Å². The third-order valence-electron chi connectivity index (χ3n) is 5.09. The Bertz CT molecular complexity index is 686. The minimum absolute atomic E-state index is 0.0564. The van der Waals surface area contributed by atoms with E-state index in [-0.39, 0.29) is 5.92 Å². The van der Waals surface area contributed by atoms with Gasteiger partial charge in [0.2, 0.25) is 0 Å². The van der Waals surface area contributed by atoms with Gasteiger partial charge in [-0.05, 0) is 37.1 Å². The largest absolute Gasteiger partial charge is 0.354 e. The van der Waals surface area contributed by atoms with Crippen LogP contribution in [0.25, 0.3) is 11.1 Å². The van der Waals surface area contributed by atoms with E-state index in [0.717, 1.165) is 55.0 Å². The predicted molar refractivity (Wildman–Crippen MR) is 103 cm³/mol. The minimum atomic E-state index is -0.0564. The van der Waals surface area contributed by atoms with Crippen molar-refractivity contribution in [2.75, 3.05) is 31.1 Å². The topological polar surface area (TPSA) is 36.4 Å². The van der Waals surface area contributed by atoms with E-state index in [9.17, 15) is 4.79 Å². The second-order valence-electron chi connectivity index (χ2n) is 7.07. The summed E-state index contributed by atoms with van der Waals surface area (Å²) in [6.45, 7) is 10.7. The number of piperazine rings is 1. The highest BCUT2D eigenvalue weighted by Crippen LogP contribution is 2.24. The Kier molecular flexibility index (Phi) is 5.49. The summed E-state index contributed by atoms with van der Waals surface area (Å²) in [5, 5.41) is 0. The lowest BCUT2D eigenvalue weighted by Crippen LogP contribution is -2.49. The Morgan fingerprint density at radius 1 is 0.920 bits per heavy atom. The number of hydrogen-bond acceptors (Lipinski definition) is 4. The van der Waals surface area contributed by atoms with Crippen LogP contribution in [0.3, 0.4) is 0 Å². The summed E-state index contributed by atoms with van der Waals surface area (Å²) in [5.74, 6) is 0.998. The third-order valence-corrected chi connectivity index (χ3v) is 5.09. The van der Waals surface area contributed by atoms with Crippen molar-refractivity contribution in [2.45, 2.75) is 32.7 Å². The van der Waals surface area contributed by atoms with Crippen LogP contribution in [0.4, 0.5) is 5.82 Å². The number of hydrogen-bond donors (Lipinski definition) is 0. The Morgan fingerprint density at radius 3 is 2.08 bits per heavy atom. The van der Waals surface area contributed by atoms with Gasteiger partial charge < -0.3 is 9.69 Å². The fourth-order valence-corrected chi connectivity index (χ4v) is 3.27. The number of nitrogens with zero attached hydrogens (tertiary/aromatic N) is 3. The van der Waals surface area contributed by atoms with Crippen LogP contribution in [0.2, 0.25) is 0 Å². The summed E-state index contributed by atoms with van der Waals surface area (Å²) in [7, 11) is 0. The van der Waals surface area contributed by atoms with Crippen LogP contribution in [0.15, 0.2) is 42.6 Å². The van der Waals surface area contributed by atoms with Gasteiger partial charge >= 0.3 is 0 Å². The second-order valence-corrected chi connectivity index (χ2v) is 7.07. The fraction of sp³-hybridized carbons (Fsp3) is 0.429. The number of anilines is 1. The van der Waals surface area contributed by atoms with Gasteiger partial charge in [-0.25, -0.2) is 4.98 Å². The van der Waals surface area contributed by atoms with Crippen molar-refractivity contribution in [3.8, 4) is 11.1 Å². The molecule has 1 aromatic heterocycles. The number of aromatic nitrogens is 1. The first-order valence-electron chi connectivity index (χ1n) is 9.09. The Morgan fingerprint density at radius 2 is 1.56 bits per heavy atom. The summed E-state index contributed by atoms with van der Waals surface area (Å²) < 4.78 is 0. The minimum Gasteiger partial charge on any atom is -0.354 e. The Hall–Kier alpha value is -2.20. The standard InChI is InChI=1S/C21H27N3O/c1-16(2)23-10-12-24(13-11-23)21-9-8-20(14-22-21)19-6-4-18(5-7-19)17(3)15-25/h4-9,14-17H,10-13H2,1-3H3. The Balaban J connectivity index is 1.67. The number of pyridine rings is 1. The first-order valence-corrected chi connectivity index (χ1v) is 9.09. The summed E-state index contributed by atoms with van der Waals surface area (Å²) >= 11 is 0. The zero-order chi connectivity index (χ0) is 17.8. The van der Waals surface area contributed by atoms with E-state index in [1.165, 1.54) is 0 Å². The normalized spacial score (nSPS) is 16.9. The van der Waals surface area contributed by atoms with Crippen LogP contribution in [-0.2, 0) is 4.79 Å². The maximum absolute atomic E-state index is 10.9. The van der Waals surface area contributed by atoms with E-state index in [0.29, 0.717) is 6.04 Å². The number of carbonyl (C=O) groups excluding carboxylic acids is 1. The summed E-state index contributed by atoms with van der Waals surface area (Å²) in [6.07, 6.45) is 2.92. The molecule has 1 saturated heterocycles.